The van der Waals surface area contributed by atoms with Crippen LogP contribution in [0.1, 0.15) is 18.1 Å². The number of hydrogen-bond donors (Lipinski definition) is 0. The van der Waals surface area contributed by atoms with Gasteiger partial charge in [0.1, 0.15) is 6.26 Å². The van der Waals surface area contributed by atoms with Crippen molar-refractivity contribution in [1.82, 2.24) is 0 Å². The molecule has 0 N–H and O–H groups in total. The molecule has 1 heteroatoms. The largest absolute Gasteiger partial charge is 0.457 e. The number of ether oxygens (including phenoxy) is 1. The molecule has 0 bridgehead atoms. The van der Waals surface area contributed by atoms with Crippen molar-refractivity contribution < 1.29 is 4.74 Å². The minimum absolute atomic E-state index is 0.996. The van der Waals surface area contributed by atoms with E-state index < -0.39 is 0 Å². The molecule has 1 aliphatic rings. The van der Waals surface area contributed by atoms with Crippen LogP contribution in [0.5, 0.6) is 0 Å². The normalized spacial score (nSPS) is 11.7. The zero-order valence-corrected chi connectivity index (χ0v) is 9.97. The van der Waals surface area contributed by atoms with Gasteiger partial charge in [-0.3, -0.25) is 0 Å². The first-order valence-electron chi connectivity index (χ1n) is 5.86. The van der Waals surface area contributed by atoms with Crippen molar-refractivity contribution in [3.05, 3.63) is 78.1 Å². The minimum Gasteiger partial charge on any atom is -0.457 e. The fourth-order valence-corrected chi connectivity index (χ4v) is 1.48. The van der Waals surface area contributed by atoms with Crippen LogP contribution < -0.4 is 0 Å². The van der Waals surface area contributed by atoms with E-state index in [1.165, 1.54) is 5.56 Å². The predicted molar refractivity (Wildman–Crippen MR) is 71.3 cm³/mol. The first-order chi connectivity index (χ1) is 8.40. The molecule has 1 nitrogen and oxygen atoms in total. The molecule has 0 atom stereocenters. The summed E-state index contributed by atoms with van der Waals surface area (Å²) in [5, 5.41) is 0. The number of aryl methyl sites for hydroxylation is 1. The highest BCUT2D eigenvalue weighted by Crippen LogP contribution is 2.25. The average molecular weight is 224 g/mol. The molecule has 0 fully saturated rings. The van der Waals surface area contributed by atoms with E-state index >= 15 is 0 Å². The van der Waals surface area contributed by atoms with E-state index in [0.29, 0.717) is 0 Å². The van der Waals surface area contributed by atoms with E-state index in [1.54, 1.807) is 6.26 Å². The lowest BCUT2D eigenvalue weighted by Crippen LogP contribution is -1.73. The molecule has 1 heterocycles. The van der Waals surface area contributed by atoms with Gasteiger partial charge < -0.3 is 4.74 Å². The van der Waals surface area contributed by atoms with Crippen molar-refractivity contribution in [3.8, 4) is 0 Å². The Kier molecular flexibility index (Phi) is 3.98. The molecule has 3 rings (SSSR count). The second kappa shape index (κ2) is 5.90. The van der Waals surface area contributed by atoms with Gasteiger partial charge in [0.15, 0.2) is 5.76 Å². The third-order valence-corrected chi connectivity index (χ3v) is 2.55. The molecule has 0 aliphatic carbocycles. The van der Waals surface area contributed by atoms with Crippen molar-refractivity contribution >= 4 is 5.76 Å². The smallest absolute Gasteiger partial charge is 0.168 e. The van der Waals surface area contributed by atoms with Crippen LogP contribution in [0.15, 0.2) is 66.9 Å². The minimum atomic E-state index is 0.996. The summed E-state index contributed by atoms with van der Waals surface area (Å²) in [7, 11) is 0. The van der Waals surface area contributed by atoms with Gasteiger partial charge in [-0.25, -0.2) is 0 Å². The molecule has 2 aromatic carbocycles. The van der Waals surface area contributed by atoms with Crippen molar-refractivity contribution in [1.29, 1.82) is 0 Å². The fourth-order valence-electron chi connectivity index (χ4n) is 1.48. The van der Waals surface area contributed by atoms with Crippen LogP contribution >= 0.6 is 0 Å². The van der Waals surface area contributed by atoms with Crippen LogP contribution in [0.2, 0.25) is 0 Å². The predicted octanol–water partition coefficient (Wildman–Crippen LogP) is 4.26. The van der Waals surface area contributed by atoms with Gasteiger partial charge in [-0.2, -0.15) is 0 Å². The van der Waals surface area contributed by atoms with E-state index in [1.807, 2.05) is 36.4 Å². The monoisotopic (exact) mass is 224 g/mol. The highest BCUT2D eigenvalue weighted by Gasteiger charge is 2.10. The molecular weight excluding hydrogens is 208 g/mol. The standard InChI is InChI=1S/C8H6O.C8H10/c1-2-4-7(5-3-1)8-6-9-8;1-2-8-6-4-3-5-7-8/h1-6H;3-7H,2H2,1H3. The zero-order valence-electron chi connectivity index (χ0n) is 9.97. The first kappa shape index (κ1) is 11.5. The summed E-state index contributed by atoms with van der Waals surface area (Å²) in [6.45, 7) is 2.16. The molecule has 0 unspecified atom stereocenters. The van der Waals surface area contributed by atoms with Gasteiger partial charge in [-0.1, -0.05) is 67.6 Å². The van der Waals surface area contributed by atoms with Crippen LogP contribution in [0, 0.1) is 0 Å². The van der Waals surface area contributed by atoms with E-state index in [4.69, 9.17) is 4.74 Å². The third-order valence-electron chi connectivity index (χ3n) is 2.55. The second-order valence-electron chi connectivity index (χ2n) is 3.81. The highest BCUT2D eigenvalue weighted by molar-refractivity contribution is 5.66. The van der Waals surface area contributed by atoms with Gasteiger partial charge in [-0.05, 0) is 12.0 Å². The molecule has 0 aromatic heterocycles. The number of rotatable bonds is 2. The molecular formula is C16H16O. The Labute approximate surface area is 102 Å². The molecule has 0 saturated carbocycles. The van der Waals surface area contributed by atoms with Crippen LogP contribution in [-0.4, -0.2) is 0 Å². The first-order valence-corrected chi connectivity index (χ1v) is 5.86. The average Bonchev–Trinajstić information content (AvgIpc) is 3.26. The van der Waals surface area contributed by atoms with Crippen molar-refractivity contribution in [2.45, 2.75) is 13.3 Å². The Morgan fingerprint density at radius 3 is 1.76 bits per heavy atom. The summed E-state index contributed by atoms with van der Waals surface area (Å²) < 4.78 is 4.89. The molecule has 1 aliphatic heterocycles. The number of benzene rings is 2. The fraction of sp³-hybridized carbons (Fsp3) is 0.125. The Hall–Kier alpha value is -2.02. The molecule has 2 aromatic rings. The quantitative estimate of drug-likeness (QED) is 0.742. The molecule has 17 heavy (non-hydrogen) atoms. The molecule has 0 saturated heterocycles. The van der Waals surface area contributed by atoms with E-state index in [2.05, 4.69) is 31.2 Å². The number of hydrogen-bond acceptors (Lipinski definition) is 1. The van der Waals surface area contributed by atoms with Gasteiger partial charge >= 0.3 is 0 Å². The van der Waals surface area contributed by atoms with E-state index in [0.717, 1.165) is 17.7 Å². The maximum Gasteiger partial charge on any atom is 0.168 e. The van der Waals surface area contributed by atoms with Gasteiger partial charge in [-0.15, -0.1) is 0 Å². The van der Waals surface area contributed by atoms with Crippen molar-refractivity contribution in [2.75, 3.05) is 0 Å². The Bertz CT molecular complexity index is 471. The maximum absolute atomic E-state index is 4.89. The third kappa shape index (κ3) is 3.80. The zero-order chi connectivity index (χ0) is 11.9. The van der Waals surface area contributed by atoms with Gasteiger partial charge in [0, 0.05) is 5.56 Å². The molecule has 0 radical (unpaired) electrons. The summed E-state index contributed by atoms with van der Waals surface area (Å²) in [6, 6.07) is 20.5. The van der Waals surface area contributed by atoms with Crippen LogP contribution in [0.3, 0.4) is 0 Å². The topological polar surface area (TPSA) is 12.5 Å². The highest BCUT2D eigenvalue weighted by atomic mass is 16.5. The summed E-state index contributed by atoms with van der Waals surface area (Å²) >= 11 is 0. The summed E-state index contributed by atoms with van der Waals surface area (Å²) in [5.41, 5.74) is 2.57. The molecule has 86 valence electrons. The summed E-state index contributed by atoms with van der Waals surface area (Å²) in [5.74, 6) is 0.996. The SMILES string of the molecule is C1=C(c2ccccc2)O1.CCc1ccccc1. The summed E-state index contributed by atoms with van der Waals surface area (Å²) in [6.07, 6.45) is 2.89. The van der Waals surface area contributed by atoms with Crippen LogP contribution in [0.4, 0.5) is 0 Å². The van der Waals surface area contributed by atoms with Gasteiger partial charge in [0.2, 0.25) is 0 Å². The van der Waals surface area contributed by atoms with Crippen LogP contribution in [0.25, 0.3) is 5.76 Å². The Morgan fingerprint density at radius 2 is 1.35 bits per heavy atom. The van der Waals surface area contributed by atoms with Gasteiger partial charge in [0.05, 0.1) is 0 Å². The lowest BCUT2D eigenvalue weighted by atomic mass is 10.2. The van der Waals surface area contributed by atoms with Gasteiger partial charge in [0.25, 0.3) is 0 Å². The Morgan fingerprint density at radius 1 is 0.824 bits per heavy atom. The maximum atomic E-state index is 4.89. The Balaban J connectivity index is 0.000000128. The van der Waals surface area contributed by atoms with E-state index in [-0.39, 0.29) is 0 Å². The molecule has 0 amide bonds. The lowest BCUT2D eigenvalue weighted by Gasteiger charge is -1.89. The lowest BCUT2D eigenvalue weighted by molar-refractivity contribution is 0.563. The molecule has 0 spiro atoms. The second-order valence-corrected chi connectivity index (χ2v) is 3.81. The van der Waals surface area contributed by atoms with E-state index in [9.17, 15) is 0 Å². The van der Waals surface area contributed by atoms with Crippen molar-refractivity contribution in [2.24, 2.45) is 0 Å². The van der Waals surface area contributed by atoms with Crippen molar-refractivity contribution in [3.63, 3.8) is 0 Å². The van der Waals surface area contributed by atoms with Crippen LogP contribution in [-0.2, 0) is 11.2 Å². The summed E-state index contributed by atoms with van der Waals surface area (Å²) in [4.78, 5) is 0.